The Morgan fingerprint density at radius 3 is 2.56 bits per heavy atom. The first-order chi connectivity index (χ1) is 12.4. The predicted molar refractivity (Wildman–Crippen MR) is 123 cm³/mol. The molecule has 1 aliphatic heterocycles. The number of aliphatic imine (C=N–C) groups is 1. The molecule has 2 fully saturated rings. The van der Waals surface area contributed by atoms with Gasteiger partial charge in [-0.2, -0.15) is 0 Å². The second-order valence-electron chi connectivity index (χ2n) is 7.51. The Bertz CT molecular complexity index is 554. The Morgan fingerprint density at radius 1 is 1.22 bits per heavy atom. The number of halogens is 1. The summed E-state index contributed by atoms with van der Waals surface area (Å²) >= 11 is 0. The van der Waals surface area contributed by atoms with E-state index in [0.717, 1.165) is 38.4 Å². The molecule has 7 nitrogen and oxygen atoms in total. The molecule has 2 N–H and O–H groups in total. The summed E-state index contributed by atoms with van der Waals surface area (Å²) in [4.78, 5) is 9.19. The van der Waals surface area contributed by atoms with Crippen LogP contribution in [0.2, 0.25) is 0 Å². The highest BCUT2D eigenvalue weighted by Crippen LogP contribution is 2.25. The van der Waals surface area contributed by atoms with E-state index >= 15 is 0 Å². The molecule has 1 unspecified atom stereocenters. The van der Waals surface area contributed by atoms with E-state index in [2.05, 4.69) is 31.8 Å². The van der Waals surface area contributed by atoms with Crippen LogP contribution in [-0.2, 0) is 10.0 Å². The fourth-order valence-electron chi connectivity index (χ4n) is 3.68. The summed E-state index contributed by atoms with van der Waals surface area (Å²) in [6, 6.07) is 0.557. The van der Waals surface area contributed by atoms with E-state index in [1.807, 2.05) is 14.0 Å². The maximum Gasteiger partial charge on any atom is 0.213 e. The molecule has 2 aliphatic rings. The van der Waals surface area contributed by atoms with E-state index in [4.69, 9.17) is 0 Å². The first-order valence-electron chi connectivity index (χ1n) is 10.2. The van der Waals surface area contributed by atoms with Gasteiger partial charge in [0.15, 0.2) is 5.96 Å². The first-order valence-corrected chi connectivity index (χ1v) is 11.8. The van der Waals surface area contributed by atoms with Gasteiger partial charge >= 0.3 is 0 Å². The molecule has 0 aromatic carbocycles. The van der Waals surface area contributed by atoms with Crippen molar-refractivity contribution in [3.8, 4) is 0 Å². The maximum absolute atomic E-state index is 12.1. The van der Waals surface area contributed by atoms with Crippen molar-refractivity contribution >= 4 is 40.0 Å². The fourth-order valence-corrected chi connectivity index (χ4v) is 4.64. The van der Waals surface area contributed by atoms with Crippen LogP contribution >= 0.6 is 24.0 Å². The normalized spacial score (nSPS) is 21.6. The number of likely N-dealkylation sites (tertiary alicyclic amines) is 1. The van der Waals surface area contributed by atoms with Crippen molar-refractivity contribution in [3.05, 3.63) is 0 Å². The highest BCUT2D eigenvalue weighted by atomic mass is 127. The monoisotopic (exact) mass is 515 g/mol. The van der Waals surface area contributed by atoms with Gasteiger partial charge in [-0.25, -0.2) is 13.1 Å². The SMILES string of the molecule is CCNC(=NCCS(=O)(=O)NCC1CCC1)N(C)CC1CCCN1CC.I. The summed E-state index contributed by atoms with van der Waals surface area (Å²) < 4.78 is 27.0. The van der Waals surface area contributed by atoms with Gasteiger partial charge in [0.05, 0.1) is 12.3 Å². The Morgan fingerprint density at radius 2 is 1.96 bits per heavy atom. The molecule has 1 saturated carbocycles. The van der Waals surface area contributed by atoms with E-state index < -0.39 is 10.0 Å². The second kappa shape index (κ2) is 12.4. The van der Waals surface area contributed by atoms with Crippen molar-refractivity contribution in [2.75, 3.05) is 52.1 Å². The first kappa shape index (κ1) is 24.9. The van der Waals surface area contributed by atoms with Gasteiger partial charge in [-0.15, -0.1) is 24.0 Å². The molecule has 0 spiro atoms. The van der Waals surface area contributed by atoms with Gasteiger partial charge in [0.1, 0.15) is 0 Å². The third-order valence-electron chi connectivity index (χ3n) is 5.52. The summed E-state index contributed by atoms with van der Waals surface area (Å²) in [5, 5.41) is 3.29. The molecule has 27 heavy (non-hydrogen) atoms. The Balaban J connectivity index is 0.00000364. The third kappa shape index (κ3) is 8.41. The van der Waals surface area contributed by atoms with E-state index in [0.29, 0.717) is 18.5 Å². The van der Waals surface area contributed by atoms with Crippen LogP contribution < -0.4 is 10.0 Å². The molecule has 160 valence electrons. The Hall–Kier alpha value is -0.130. The van der Waals surface area contributed by atoms with Gasteiger partial charge in [0, 0.05) is 32.7 Å². The molecule has 0 bridgehead atoms. The molecule has 0 radical (unpaired) electrons. The zero-order chi connectivity index (χ0) is 19.0. The van der Waals surface area contributed by atoms with Gasteiger partial charge in [-0.1, -0.05) is 13.3 Å². The minimum Gasteiger partial charge on any atom is -0.357 e. The number of hydrogen-bond acceptors (Lipinski definition) is 4. The number of likely N-dealkylation sites (N-methyl/N-ethyl adjacent to an activating group) is 2. The van der Waals surface area contributed by atoms with E-state index in [1.54, 1.807) is 0 Å². The van der Waals surface area contributed by atoms with Gasteiger partial charge in [0.2, 0.25) is 10.0 Å². The fraction of sp³-hybridized carbons (Fsp3) is 0.944. The number of rotatable bonds is 10. The van der Waals surface area contributed by atoms with E-state index in [1.165, 1.54) is 25.8 Å². The number of nitrogens with one attached hydrogen (secondary N) is 2. The molecule has 0 aromatic rings. The van der Waals surface area contributed by atoms with Crippen molar-refractivity contribution in [1.29, 1.82) is 0 Å². The molecule has 1 aliphatic carbocycles. The summed E-state index contributed by atoms with van der Waals surface area (Å²) in [5.74, 6) is 1.38. The second-order valence-corrected chi connectivity index (χ2v) is 9.43. The van der Waals surface area contributed by atoms with Crippen molar-refractivity contribution in [3.63, 3.8) is 0 Å². The molecular weight excluding hydrogens is 477 g/mol. The number of nitrogens with zero attached hydrogens (tertiary/aromatic N) is 3. The molecular formula is C18H38IN5O2S. The molecule has 2 rings (SSSR count). The van der Waals surface area contributed by atoms with Gasteiger partial charge in [0.25, 0.3) is 0 Å². The standard InChI is InChI=1S/C18H37N5O2S.HI/c1-4-19-18(22(3)15-17-10-7-12-23(17)5-2)20-11-13-26(24,25)21-14-16-8-6-9-16;/h16-17,21H,4-15H2,1-3H3,(H,19,20);1H. The molecule has 0 aromatic heterocycles. The molecule has 9 heteroatoms. The van der Waals surface area contributed by atoms with Crippen molar-refractivity contribution < 1.29 is 8.42 Å². The van der Waals surface area contributed by atoms with Crippen LogP contribution in [-0.4, -0.2) is 82.3 Å². The van der Waals surface area contributed by atoms with Crippen molar-refractivity contribution in [1.82, 2.24) is 19.8 Å². The molecule has 1 atom stereocenters. The highest BCUT2D eigenvalue weighted by Gasteiger charge is 2.25. The lowest BCUT2D eigenvalue weighted by Crippen LogP contribution is -2.46. The number of guanidine groups is 1. The van der Waals surface area contributed by atoms with Crippen LogP contribution in [0.1, 0.15) is 46.0 Å². The minimum atomic E-state index is -3.24. The van der Waals surface area contributed by atoms with Gasteiger partial charge < -0.3 is 10.2 Å². The topological polar surface area (TPSA) is 77.0 Å². The van der Waals surface area contributed by atoms with Crippen molar-refractivity contribution in [2.24, 2.45) is 10.9 Å². The van der Waals surface area contributed by atoms with Crippen LogP contribution in [0.3, 0.4) is 0 Å². The Kier molecular flexibility index (Phi) is 11.5. The zero-order valence-corrected chi connectivity index (χ0v) is 20.3. The number of hydrogen-bond donors (Lipinski definition) is 2. The van der Waals surface area contributed by atoms with Crippen LogP contribution in [0, 0.1) is 5.92 Å². The summed E-state index contributed by atoms with van der Waals surface area (Å²) in [6.07, 6.45) is 5.99. The van der Waals surface area contributed by atoms with Crippen LogP contribution in [0.25, 0.3) is 0 Å². The Labute approximate surface area is 182 Å². The maximum atomic E-state index is 12.1. The summed E-state index contributed by atoms with van der Waals surface area (Å²) in [7, 11) is -1.20. The summed E-state index contributed by atoms with van der Waals surface area (Å²) in [5.41, 5.74) is 0. The van der Waals surface area contributed by atoms with Crippen LogP contribution in [0.15, 0.2) is 4.99 Å². The predicted octanol–water partition coefficient (Wildman–Crippen LogP) is 1.71. The smallest absolute Gasteiger partial charge is 0.213 e. The lowest BCUT2D eigenvalue weighted by atomic mass is 9.86. The molecule has 1 saturated heterocycles. The number of sulfonamides is 1. The largest absolute Gasteiger partial charge is 0.357 e. The molecule has 0 amide bonds. The summed E-state index contributed by atoms with van der Waals surface area (Å²) in [6.45, 7) is 9.07. The lowest BCUT2D eigenvalue weighted by molar-refractivity contribution is 0.233. The highest BCUT2D eigenvalue weighted by molar-refractivity contribution is 14.0. The van der Waals surface area contributed by atoms with Gasteiger partial charge in [-0.05, 0) is 51.6 Å². The van der Waals surface area contributed by atoms with Crippen LogP contribution in [0.4, 0.5) is 0 Å². The van der Waals surface area contributed by atoms with Crippen molar-refractivity contribution in [2.45, 2.75) is 52.0 Å². The van der Waals surface area contributed by atoms with E-state index in [9.17, 15) is 8.42 Å². The average molecular weight is 516 g/mol. The lowest BCUT2D eigenvalue weighted by Gasteiger charge is -2.29. The minimum absolute atomic E-state index is 0. The quantitative estimate of drug-likeness (QED) is 0.263. The van der Waals surface area contributed by atoms with Gasteiger partial charge in [-0.3, -0.25) is 9.89 Å². The average Bonchev–Trinajstić information content (AvgIpc) is 2.99. The molecule has 1 heterocycles. The zero-order valence-electron chi connectivity index (χ0n) is 17.1. The third-order valence-corrected chi connectivity index (χ3v) is 6.85. The van der Waals surface area contributed by atoms with E-state index in [-0.39, 0.29) is 36.3 Å². The van der Waals surface area contributed by atoms with Crippen LogP contribution in [0.5, 0.6) is 0 Å².